The van der Waals surface area contributed by atoms with E-state index in [9.17, 15) is 13.2 Å². The summed E-state index contributed by atoms with van der Waals surface area (Å²) in [6, 6.07) is 14.9. The van der Waals surface area contributed by atoms with Gasteiger partial charge in [-0.2, -0.15) is 5.10 Å². The van der Waals surface area contributed by atoms with E-state index in [1.54, 1.807) is 30.4 Å². The first-order valence-corrected chi connectivity index (χ1v) is 12.3. The Morgan fingerprint density at radius 2 is 1.53 bits per heavy atom. The predicted molar refractivity (Wildman–Crippen MR) is 124 cm³/mol. The number of rotatable bonds is 4. The lowest BCUT2D eigenvalue weighted by molar-refractivity contribution is -0.121. The van der Waals surface area contributed by atoms with Crippen molar-refractivity contribution in [2.24, 2.45) is 0 Å². The summed E-state index contributed by atoms with van der Waals surface area (Å²) in [5, 5.41) is 4.52. The van der Waals surface area contributed by atoms with Crippen LogP contribution in [-0.4, -0.2) is 37.2 Å². The van der Waals surface area contributed by atoms with Crippen LogP contribution in [0.15, 0.2) is 53.4 Å². The van der Waals surface area contributed by atoms with Gasteiger partial charge in [0.1, 0.15) is 10.9 Å². The summed E-state index contributed by atoms with van der Waals surface area (Å²) < 4.78 is 30.3. The van der Waals surface area contributed by atoms with Crippen molar-refractivity contribution in [2.75, 3.05) is 22.3 Å². The molecule has 2 aliphatic rings. The molecule has 5 rings (SSSR count). The van der Waals surface area contributed by atoms with Crippen LogP contribution in [0.3, 0.4) is 0 Å². The number of sulfonamides is 1. The molecular weight excluding hydrogens is 424 g/mol. The monoisotopic (exact) mass is 450 g/mol. The Hall–Kier alpha value is -3.13. The molecule has 0 aliphatic carbocycles. The lowest BCUT2D eigenvalue weighted by Gasteiger charge is -2.23. The van der Waals surface area contributed by atoms with Gasteiger partial charge in [0.25, 0.3) is 15.9 Å². The van der Waals surface area contributed by atoms with Gasteiger partial charge in [0.15, 0.2) is 0 Å². The zero-order valence-electron chi connectivity index (χ0n) is 18.4. The molecule has 2 aliphatic heterocycles. The van der Waals surface area contributed by atoms with Crippen molar-refractivity contribution in [2.45, 2.75) is 44.6 Å². The van der Waals surface area contributed by atoms with E-state index in [2.05, 4.69) is 5.10 Å². The van der Waals surface area contributed by atoms with Gasteiger partial charge in [-0.1, -0.05) is 36.4 Å². The quantitative estimate of drug-likeness (QED) is 0.611. The summed E-state index contributed by atoms with van der Waals surface area (Å²) in [4.78, 5) is 15.3. The second-order valence-corrected chi connectivity index (χ2v) is 10.2. The minimum atomic E-state index is -3.79. The molecule has 0 saturated carbocycles. The first-order valence-electron chi connectivity index (χ1n) is 10.9. The number of aromatic nitrogens is 2. The van der Waals surface area contributed by atoms with Crippen LogP contribution in [0.4, 0.5) is 11.4 Å². The summed E-state index contributed by atoms with van der Waals surface area (Å²) in [7, 11) is -3.79. The molecule has 1 amide bonds. The van der Waals surface area contributed by atoms with Crippen molar-refractivity contribution in [3.63, 3.8) is 0 Å². The largest absolute Gasteiger partial charge is 0.310 e. The Morgan fingerprint density at radius 1 is 0.938 bits per heavy atom. The Bertz CT molecular complexity index is 1330. The molecule has 0 spiro atoms. The predicted octanol–water partition coefficient (Wildman–Crippen LogP) is 3.40. The van der Waals surface area contributed by atoms with E-state index >= 15 is 0 Å². The van der Waals surface area contributed by atoms with Crippen molar-refractivity contribution in [3.05, 3.63) is 71.0 Å². The van der Waals surface area contributed by atoms with Gasteiger partial charge in [-0.25, -0.2) is 8.42 Å². The molecule has 7 nitrogen and oxygen atoms in total. The summed E-state index contributed by atoms with van der Waals surface area (Å²) in [5.41, 5.74) is 4.71. The summed E-state index contributed by atoms with van der Waals surface area (Å²) in [6.07, 6.45) is 1.50. The molecule has 3 aromatic rings. The maximum Gasteiger partial charge on any atom is 0.268 e. The van der Waals surface area contributed by atoms with Crippen LogP contribution < -0.4 is 9.21 Å². The first-order chi connectivity index (χ1) is 15.3. The molecular formula is C24H26N4O3S. The van der Waals surface area contributed by atoms with E-state index in [0.29, 0.717) is 30.9 Å². The van der Waals surface area contributed by atoms with Crippen molar-refractivity contribution in [1.82, 2.24) is 9.78 Å². The van der Waals surface area contributed by atoms with Gasteiger partial charge < -0.3 is 4.90 Å². The van der Waals surface area contributed by atoms with Crippen molar-refractivity contribution in [1.29, 1.82) is 0 Å². The molecule has 0 radical (unpaired) electrons. The van der Waals surface area contributed by atoms with Crippen molar-refractivity contribution >= 4 is 27.3 Å². The second kappa shape index (κ2) is 7.48. The molecule has 0 bridgehead atoms. The zero-order chi connectivity index (χ0) is 22.6. The van der Waals surface area contributed by atoms with Crippen molar-refractivity contribution in [3.8, 4) is 0 Å². The Balaban J connectivity index is 1.49. The molecule has 3 heterocycles. The fraction of sp³-hybridized carbons (Fsp3) is 0.333. The van der Waals surface area contributed by atoms with Crippen LogP contribution in [0.5, 0.6) is 0 Å². The van der Waals surface area contributed by atoms with Crippen LogP contribution >= 0.6 is 0 Å². The minimum Gasteiger partial charge on any atom is -0.310 e. The van der Waals surface area contributed by atoms with Crippen LogP contribution in [0.1, 0.15) is 35.5 Å². The smallest absolute Gasteiger partial charge is 0.268 e. The minimum absolute atomic E-state index is 0.0870. The van der Waals surface area contributed by atoms with Crippen LogP contribution in [0, 0.1) is 13.8 Å². The molecule has 8 heteroatoms. The highest BCUT2D eigenvalue weighted by molar-refractivity contribution is 7.93. The number of carbonyl (C=O) groups is 1. The number of carbonyl (C=O) groups excluding carboxylic acids is 1. The number of para-hydroxylation sites is 2. The maximum absolute atomic E-state index is 13.6. The van der Waals surface area contributed by atoms with E-state index < -0.39 is 16.1 Å². The Morgan fingerprint density at radius 3 is 2.25 bits per heavy atom. The molecule has 0 N–H and O–H groups in total. The standard InChI is InChI=1S/C24H26N4O3S/c1-16-23(32(30,31)27-15-13-20-9-5-7-11-22(20)27)17(2)28(25-16)18(3)24(29)26-14-12-19-8-4-6-10-21(19)26/h4-11,18H,12-15H2,1-3H3. The Labute approximate surface area is 188 Å². The fourth-order valence-corrected chi connectivity index (χ4v) is 6.83. The number of hydrogen-bond acceptors (Lipinski definition) is 4. The second-order valence-electron chi connectivity index (χ2n) is 8.44. The summed E-state index contributed by atoms with van der Waals surface area (Å²) in [5.74, 6) is -0.0870. The number of benzene rings is 2. The van der Waals surface area contributed by atoms with Crippen LogP contribution in [0.2, 0.25) is 0 Å². The summed E-state index contributed by atoms with van der Waals surface area (Å²) >= 11 is 0. The molecule has 166 valence electrons. The van der Waals surface area contributed by atoms with Gasteiger partial charge in [0.05, 0.1) is 17.1 Å². The first kappa shape index (κ1) is 20.8. The molecule has 0 saturated heterocycles. The van der Waals surface area contributed by atoms with Gasteiger partial charge in [-0.05, 0) is 56.9 Å². The van der Waals surface area contributed by atoms with E-state index in [1.807, 2.05) is 48.5 Å². The maximum atomic E-state index is 13.6. The van der Waals surface area contributed by atoms with Gasteiger partial charge in [-0.3, -0.25) is 13.8 Å². The third-order valence-electron chi connectivity index (χ3n) is 6.53. The van der Waals surface area contributed by atoms with Crippen LogP contribution in [-0.2, 0) is 27.7 Å². The molecule has 0 fully saturated rings. The van der Waals surface area contributed by atoms with E-state index in [-0.39, 0.29) is 10.8 Å². The average Bonchev–Trinajstić information content (AvgIpc) is 3.48. The lowest BCUT2D eigenvalue weighted by Crippen LogP contribution is -2.36. The van der Waals surface area contributed by atoms with Crippen LogP contribution in [0.25, 0.3) is 0 Å². The number of anilines is 2. The highest BCUT2D eigenvalue weighted by Crippen LogP contribution is 2.36. The average molecular weight is 451 g/mol. The Kier molecular flexibility index (Phi) is 4.85. The fourth-order valence-electron chi connectivity index (χ4n) is 4.96. The third-order valence-corrected chi connectivity index (χ3v) is 8.59. The highest BCUT2D eigenvalue weighted by atomic mass is 32.2. The molecule has 2 aromatic carbocycles. The van der Waals surface area contributed by atoms with E-state index in [0.717, 1.165) is 28.9 Å². The number of fused-ring (bicyclic) bond motifs is 2. The number of aryl methyl sites for hydroxylation is 1. The zero-order valence-corrected chi connectivity index (χ0v) is 19.3. The van der Waals surface area contributed by atoms with Gasteiger partial charge in [0.2, 0.25) is 0 Å². The van der Waals surface area contributed by atoms with Crippen molar-refractivity contribution < 1.29 is 13.2 Å². The summed E-state index contributed by atoms with van der Waals surface area (Å²) in [6.45, 7) is 6.24. The van der Waals surface area contributed by atoms with E-state index in [4.69, 9.17) is 0 Å². The molecule has 1 unspecified atom stereocenters. The molecule has 32 heavy (non-hydrogen) atoms. The van der Waals surface area contributed by atoms with Gasteiger partial charge in [0, 0.05) is 18.8 Å². The molecule has 1 aromatic heterocycles. The van der Waals surface area contributed by atoms with Gasteiger partial charge in [-0.15, -0.1) is 0 Å². The SMILES string of the molecule is Cc1nn(C(C)C(=O)N2CCc3ccccc32)c(C)c1S(=O)(=O)N1CCc2ccccc21. The van der Waals surface area contributed by atoms with Gasteiger partial charge >= 0.3 is 0 Å². The highest BCUT2D eigenvalue weighted by Gasteiger charge is 2.37. The van der Waals surface area contributed by atoms with E-state index in [1.165, 1.54) is 4.31 Å². The topological polar surface area (TPSA) is 75.5 Å². The number of hydrogen-bond donors (Lipinski definition) is 0. The number of nitrogens with zero attached hydrogens (tertiary/aromatic N) is 4. The normalized spacial score (nSPS) is 16.2. The molecule has 1 atom stereocenters. The third kappa shape index (κ3) is 3.04. The number of amides is 1. The lowest BCUT2D eigenvalue weighted by atomic mass is 10.2.